The van der Waals surface area contributed by atoms with Crippen LogP contribution in [0, 0.1) is 29.1 Å². The number of allylic oxidation sites excluding steroid dienone is 4. The van der Waals surface area contributed by atoms with E-state index in [4.69, 9.17) is 4.74 Å². The van der Waals surface area contributed by atoms with Crippen molar-refractivity contribution in [2.75, 3.05) is 7.11 Å². The number of rotatable bonds is 2. The van der Waals surface area contributed by atoms with E-state index in [9.17, 15) is 4.79 Å². The molecule has 0 unspecified atom stereocenters. The van der Waals surface area contributed by atoms with Crippen molar-refractivity contribution >= 4 is 5.78 Å². The van der Waals surface area contributed by atoms with Crippen LogP contribution in [0.1, 0.15) is 63.4 Å². The van der Waals surface area contributed by atoms with Crippen molar-refractivity contribution in [3.05, 3.63) is 52.6 Å². The summed E-state index contributed by atoms with van der Waals surface area (Å²) in [4.78, 5) is 12.1. The highest BCUT2D eigenvalue weighted by Crippen LogP contribution is 2.73. The Hall–Kier alpha value is -1.83. The van der Waals surface area contributed by atoms with Crippen LogP contribution in [-0.4, -0.2) is 12.9 Å². The Balaban J connectivity index is 1.50. The van der Waals surface area contributed by atoms with Gasteiger partial charge in [-0.25, -0.2) is 0 Å². The molecule has 2 heteroatoms. The predicted octanol–water partition coefficient (Wildman–Crippen LogP) is 5.84. The fourth-order valence-corrected chi connectivity index (χ4v) is 7.69. The first-order chi connectivity index (χ1) is 13.6. The summed E-state index contributed by atoms with van der Waals surface area (Å²) in [5.74, 6) is 5.36. The summed E-state index contributed by atoms with van der Waals surface area (Å²) in [5.41, 5.74) is 6.62. The normalized spacial score (nSPS) is 40.9. The Morgan fingerprint density at radius 2 is 1.82 bits per heavy atom. The van der Waals surface area contributed by atoms with Gasteiger partial charge in [-0.3, -0.25) is 4.79 Å². The van der Waals surface area contributed by atoms with Gasteiger partial charge in [0, 0.05) is 12.3 Å². The van der Waals surface area contributed by atoms with Gasteiger partial charge in [0.25, 0.3) is 0 Å². The van der Waals surface area contributed by atoms with Crippen LogP contribution in [0.2, 0.25) is 0 Å². The predicted molar refractivity (Wildman–Crippen MR) is 110 cm³/mol. The lowest BCUT2D eigenvalue weighted by atomic mass is 9.52. The van der Waals surface area contributed by atoms with Gasteiger partial charge in [0.1, 0.15) is 5.75 Å². The summed E-state index contributed by atoms with van der Waals surface area (Å²) < 4.78 is 5.42. The number of hydrogen-bond donors (Lipinski definition) is 0. The molecule has 0 spiro atoms. The van der Waals surface area contributed by atoms with E-state index in [-0.39, 0.29) is 0 Å². The molecule has 6 atom stereocenters. The number of fused-ring (bicyclic) bond motifs is 6. The minimum atomic E-state index is 0.335. The van der Waals surface area contributed by atoms with Gasteiger partial charge in [0.2, 0.25) is 0 Å². The molecule has 0 aliphatic heterocycles. The fraction of sp³-hybridized carbons (Fsp3) is 0.577. The molecule has 0 radical (unpaired) electrons. The van der Waals surface area contributed by atoms with Gasteiger partial charge in [-0.2, -0.15) is 0 Å². The van der Waals surface area contributed by atoms with E-state index < -0.39 is 0 Å². The number of carbonyl (C=O) groups excluding carboxylic acids is 1. The van der Waals surface area contributed by atoms with E-state index >= 15 is 0 Å². The lowest BCUT2D eigenvalue weighted by Crippen LogP contribution is -2.42. The molecule has 0 aromatic heterocycles. The van der Waals surface area contributed by atoms with Crippen LogP contribution < -0.4 is 4.74 Å². The Labute approximate surface area is 168 Å². The lowest BCUT2D eigenvalue weighted by Gasteiger charge is -2.52. The van der Waals surface area contributed by atoms with Gasteiger partial charge in [0.05, 0.1) is 7.11 Å². The quantitative estimate of drug-likeness (QED) is 0.650. The number of hydrogen-bond acceptors (Lipinski definition) is 2. The maximum Gasteiger partial charge on any atom is 0.156 e. The van der Waals surface area contributed by atoms with Gasteiger partial charge in [-0.1, -0.05) is 24.6 Å². The highest BCUT2D eigenvalue weighted by Gasteiger charge is 2.65. The van der Waals surface area contributed by atoms with Crippen molar-refractivity contribution < 1.29 is 9.53 Å². The minimum Gasteiger partial charge on any atom is -0.497 e. The highest BCUT2D eigenvalue weighted by atomic mass is 16.5. The van der Waals surface area contributed by atoms with E-state index in [1.54, 1.807) is 18.3 Å². The van der Waals surface area contributed by atoms with Gasteiger partial charge in [-0.05, 0) is 103 Å². The Morgan fingerprint density at radius 3 is 2.61 bits per heavy atom. The molecule has 0 amide bonds. The van der Waals surface area contributed by atoms with Crippen LogP contribution in [0.25, 0.3) is 0 Å². The third-order valence-electron chi connectivity index (χ3n) is 9.01. The minimum absolute atomic E-state index is 0.335. The molecule has 0 N–H and O–H groups in total. The molecule has 0 heterocycles. The van der Waals surface area contributed by atoms with E-state index in [1.165, 1.54) is 36.8 Å². The average Bonchev–Trinajstić information content (AvgIpc) is 3.44. The molecule has 0 bridgehead atoms. The van der Waals surface area contributed by atoms with Crippen LogP contribution in [0.3, 0.4) is 0 Å². The van der Waals surface area contributed by atoms with E-state index in [0.717, 1.165) is 42.3 Å². The second-order valence-corrected chi connectivity index (χ2v) is 10.2. The summed E-state index contributed by atoms with van der Waals surface area (Å²) >= 11 is 0. The third kappa shape index (κ3) is 2.30. The monoisotopic (exact) mass is 374 g/mol. The van der Waals surface area contributed by atoms with Crippen molar-refractivity contribution in [3.63, 3.8) is 0 Å². The molecule has 3 saturated carbocycles. The van der Waals surface area contributed by atoms with Crippen LogP contribution in [0.5, 0.6) is 5.75 Å². The topological polar surface area (TPSA) is 26.3 Å². The first-order valence-corrected chi connectivity index (χ1v) is 11.2. The Kier molecular flexibility index (Phi) is 3.56. The summed E-state index contributed by atoms with van der Waals surface area (Å²) in [5, 5.41) is 0. The molecule has 3 fully saturated rings. The number of carbonyl (C=O) groups is 1. The molecule has 5 aliphatic rings. The van der Waals surface area contributed by atoms with Gasteiger partial charge >= 0.3 is 0 Å². The standard InChI is InChI=1S/C26H30O2/c1-26-14-22(15-3-7-19(28-2)8-4-15)25-20-10-6-18(27)11-16(20)5-9-21(25)24(26)13-17-12-23(17)26/h3-4,7-8,11,17,21-24H,5-6,9-10,12-14H2,1-2H3/t17-,21+,22-,23-,24+,26-/m1/s1. The van der Waals surface area contributed by atoms with Crippen molar-refractivity contribution in [2.45, 2.75) is 57.8 Å². The zero-order valence-corrected chi connectivity index (χ0v) is 17.0. The number of ketones is 1. The molecule has 6 rings (SSSR count). The smallest absolute Gasteiger partial charge is 0.156 e. The zero-order valence-electron chi connectivity index (χ0n) is 17.0. The molecule has 0 saturated heterocycles. The fourth-order valence-electron chi connectivity index (χ4n) is 7.69. The largest absolute Gasteiger partial charge is 0.497 e. The van der Waals surface area contributed by atoms with Gasteiger partial charge in [-0.15, -0.1) is 0 Å². The third-order valence-corrected chi connectivity index (χ3v) is 9.01. The SMILES string of the molecule is COc1ccc([C@H]2C[C@]3(C)[C@@H]4C[C@@H]4C[C@H]3[C@@H]3CCC4=CC(=O)CCC4=C32)cc1. The lowest BCUT2D eigenvalue weighted by molar-refractivity contribution is -0.114. The molecule has 5 aliphatic carbocycles. The van der Waals surface area contributed by atoms with Crippen LogP contribution >= 0.6 is 0 Å². The van der Waals surface area contributed by atoms with Crippen LogP contribution in [-0.2, 0) is 4.79 Å². The second-order valence-electron chi connectivity index (χ2n) is 10.2. The molecule has 2 nitrogen and oxygen atoms in total. The van der Waals surface area contributed by atoms with Gasteiger partial charge in [0.15, 0.2) is 5.78 Å². The first-order valence-electron chi connectivity index (χ1n) is 11.2. The van der Waals surface area contributed by atoms with Crippen molar-refractivity contribution in [1.82, 2.24) is 0 Å². The molecule has 1 aromatic carbocycles. The summed E-state index contributed by atoms with van der Waals surface area (Å²) in [7, 11) is 1.74. The molecule has 146 valence electrons. The molecule has 1 aromatic rings. The maximum atomic E-state index is 12.1. The molecular weight excluding hydrogens is 344 g/mol. The number of ether oxygens (including phenoxy) is 1. The first kappa shape index (κ1) is 17.1. The van der Waals surface area contributed by atoms with E-state index in [2.05, 4.69) is 31.2 Å². The van der Waals surface area contributed by atoms with E-state index in [1.807, 2.05) is 6.08 Å². The maximum absolute atomic E-state index is 12.1. The second kappa shape index (κ2) is 5.84. The Bertz CT molecular complexity index is 905. The van der Waals surface area contributed by atoms with Crippen LogP contribution in [0.15, 0.2) is 47.1 Å². The van der Waals surface area contributed by atoms with Crippen molar-refractivity contribution in [1.29, 1.82) is 0 Å². The average molecular weight is 375 g/mol. The number of methoxy groups -OCH3 is 1. The molecular formula is C26H30O2. The number of benzene rings is 1. The molecule has 28 heavy (non-hydrogen) atoms. The Morgan fingerprint density at radius 1 is 1.04 bits per heavy atom. The van der Waals surface area contributed by atoms with Gasteiger partial charge < -0.3 is 4.74 Å². The van der Waals surface area contributed by atoms with Crippen molar-refractivity contribution in [3.8, 4) is 5.75 Å². The zero-order chi connectivity index (χ0) is 19.0. The van der Waals surface area contributed by atoms with E-state index in [0.29, 0.717) is 23.5 Å². The van der Waals surface area contributed by atoms with Crippen molar-refractivity contribution in [2.24, 2.45) is 29.1 Å². The highest BCUT2D eigenvalue weighted by molar-refractivity contribution is 5.93. The summed E-state index contributed by atoms with van der Waals surface area (Å²) in [6.45, 7) is 2.61. The summed E-state index contributed by atoms with van der Waals surface area (Å²) in [6.07, 6.45) is 10.2. The van der Waals surface area contributed by atoms with Crippen LogP contribution in [0.4, 0.5) is 0 Å². The summed E-state index contributed by atoms with van der Waals surface area (Å²) in [6, 6.07) is 8.84.